The van der Waals surface area contributed by atoms with Crippen LogP contribution in [0.25, 0.3) is 6.08 Å². The first-order chi connectivity index (χ1) is 14.9. The SMILES string of the molecule is O=C1/C(=C\c2ccccc2OCc2ccc(Cl)cc2Cl)SC(=S)N1c1cccc(Cl)c1. The van der Waals surface area contributed by atoms with Crippen molar-refractivity contribution in [3.05, 3.63) is 97.8 Å². The lowest BCUT2D eigenvalue weighted by molar-refractivity contribution is -0.113. The minimum atomic E-state index is -0.201. The van der Waals surface area contributed by atoms with E-state index in [9.17, 15) is 4.79 Å². The molecule has 0 aromatic heterocycles. The molecule has 8 heteroatoms. The number of rotatable bonds is 5. The number of carbonyl (C=O) groups excluding carboxylic acids is 1. The summed E-state index contributed by atoms with van der Waals surface area (Å²) < 4.78 is 6.44. The first-order valence-electron chi connectivity index (χ1n) is 9.11. The zero-order chi connectivity index (χ0) is 22.0. The van der Waals surface area contributed by atoms with Crippen LogP contribution in [0.15, 0.2) is 71.6 Å². The Kier molecular flexibility index (Phi) is 6.89. The summed E-state index contributed by atoms with van der Waals surface area (Å²) in [5.74, 6) is 0.425. The van der Waals surface area contributed by atoms with Crippen molar-refractivity contribution in [2.45, 2.75) is 6.61 Å². The second-order valence-electron chi connectivity index (χ2n) is 6.56. The first-order valence-corrected chi connectivity index (χ1v) is 11.5. The van der Waals surface area contributed by atoms with Crippen LogP contribution in [-0.2, 0) is 11.4 Å². The number of para-hydroxylation sites is 1. The van der Waals surface area contributed by atoms with Crippen LogP contribution in [0, 0.1) is 0 Å². The highest BCUT2D eigenvalue weighted by atomic mass is 35.5. The molecule has 0 atom stereocenters. The summed E-state index contributed by atoms with van der Waals surface area (Å²) in [5, 5.41) is 1.64. The van der Waals surface area contributed by atoms with Crippen LogP contribution in [-0.4, -0.2) is 10.2 Å². The molecule has 156 valence electrons. The van der Waals surface area contributed by atoms with Gasteiger partial charge < -0.3 is 4.74 Å². The van der Waals surface area contributed by atoms with E-state index in [0.29, 0.717) is 35.7 Å². The molecule has 1 heterocycles. The van der Waals surface area contributed by atoms with Crippen molar-refractivity contribution >= 4 is 80.8 Å². The number of thioether (sulfide) groups is 1. The Bertz CT molecular complexity index is 1210. The maximum absolute atomic E-state index is 13.0. The summed E-state index contributed by atoms with van der Waals surface area (Å²) in [5.41, 5.74) is 2.22. The van der Waals surface area contributed by atoms with E-state index < -0.39 is 0 Å². The van der Waals surface area contributed by atoms with Gasteiger partial charge in [-0.3, -0.25) is 9.69 Å². The van der Waals surface area contributed by atoms with E-state index in [1.807, 2.05) is 30.3 Å². The normalized spacial score (nSPS) is 15.1. The lowest BCUT2D eigenvalue weighted by atomic mass is 10.1. The Labute approximate surface area is 204 Å². The number of ether oxygens (including phenoxy) is 1. The Hall–Kier alpha value is -2.02. The van der Waals surface area contributed by atoms with E-state index in [-0.39, 0.29) is 12.5 Å². The molecule has 0 radical (unpaired) electrons. The molecule has 0 N–H and O–H groups in total. The molecule has 1 amide bonds. The zero-order valence-corrected chi connectivity index (χ0v) is 19.8. The summed E-state index contributed by atoms with van der Waals surface area (Å²) in [6.07, 6.45) is 1.78. The van der Waals surface area contributed by atoms with Crippen LogP contribution in [0.5, 0.6) is 5.75 Å². The largest absolute Gasteiger partial charge is 0.488 e. The fraction of sp³-hybridized carbons (Fsp3) is 0.0435. The van der Waals surface area contributed by atoms with Gasteiger partial charge >= 0.3 is 0 Å². The lowest BCUT2D eigenvalue weighted by Gasteiger charge is -2.14. The van der Waals surface area contributed by atoms with Gasteiger partial charge in [-0.05, 0) is 42.5 Å². The number of amides is 1. The molecule has 3 nitrogen and oxygen atoms in total. The van der Waals surface area contributed by atoms with E-state index in [1.165, 1.54) is 16.7 Å². The van der Waals surface area contributed by atoms with Crippen LogP contribution < -0.4 is 9.64 Å². The fourth-order valence-electron chi connectivity index (χ4n) is 2.97. The molecule has 31 heavy (non-hydrogen) atoms. The van der Waals surface area contributed by atoms with E-state index in [1.54, 1.807) is 42.5 Å². The molecule has 1 aliphatic heterocycles. The van der Waals surface area contributed by atoms with E-state index in [4.69, 9.17) is 51.8 Å². The Morgan fingerprint density at radius 2 is 1.74 bits per heavy atom. The van der Waals surface area contributed by atoms with Crippen molar-refractivity contribution in [2.75, 3.05) is 4.90 Å². The third-order valence-corrected chi connectivity index (χ3v) is 6.59. The van der Waals surface area contributed by atoms with Crippen LogP contribution in [0.1, 0.15) is 11.1 Å². The molecule has 1 saturated heterocycles. The second kappa shape index (κ2) is 9.63. The smallest absolute Gasteiger partial charge is 0.270 e. The molecule has 3 aromatic carbocycles. The van der Waals surface area contributed by atoms with Crippen molar-refractivity contribution in [3.8, 4) is 5.75 Å². The summed E-state index contributed by atoms with van der Waals surface area (Å²) in [6, 6.07) is 19.8. The first kappa shape index (κ1) is 22.2. The molecule has 0 saturated carbocycles. The number of hydrogen-bond donors (Lipinski definition) is 0. The average molecular weight is 507 g/mol. The van der Waals surface area contributed by atoms with Crippen LogP contribution in [0.3, 0.4) is 0 Å². The van der Waals surface area contributed by atoms with Gasteiger partial charge in [0.2, 0.25) is 0 Å². The second-order valence-corrected chi connectivity index (χ2v) is 9.52. The highest BCUT2D eigenvalue weighted by molar-refractivity contribution is 8.27. The van der Waals surface area contributed by atoms with Gasteiger partial charge in [-0.1, -0.05) is 89.1 Å². The molecule has 0 aliphatic carbocycles. The average Bonchev–Trinajstić information content (AvgIpc) is 3.01. The Morgan fingerprint density at radius 3 is 2.52 bits per heavy atom. The van der Waals surface area contributed by atoms with Gasteiger partial charge in [0.1, 0.15) is 12.4 Å². The highest BCUT2D eigenvalue weighted by Crippen LogP contribution is 2.38. The minimum absolute atomic E-state index is 0.201. The van der Waals surface area contributed by atoms with Crippen LogP contribution >= 0.6 is 58.8 Å². The number of benzene rings is 3. The lowest BCUT2D eigenvalue weighted by Crippen LogP contribution is -2.27. The van der Waals surface area contributed by atoms with Gasteiger partial charge in [0, 0.05) is 26.2 Å². The zero-order valence-electron chi connectivity index (χ0n) is 15.8. The Morgan fingerprint density at radius 1 is 0.968 bits per heavy atom. The molecule has 0 unspecified atom stereocenters. The van der Waals surface area contributed by atoms with E-state index >= 15 is 0 Å². The third-order valence-electron chi connectivity index (χ3n) is 4.46. The molecule has 3 aromatic rings. The molecular formula is C23H14Cl3NO2S2. The van der Waals surface area contributed by atoms with Crippen LogP contribution in [0.2, 0.25) is 15.1 Å². The summed E-state index contributed by atoms with van der Waals surface area (Å²) in [4.78, 5) is 15.0. The van der Waals surface area contributed by atoms with Gasteiger partial charge in [-0.15, -0.1) is 0 Å². The predicted molar refractivity (Wildman–Crippen MR) is 134 cm³/mol. The van der Waals surface area contributed by atoms with Gasteiger partial charge in [0.05, 0.1) is 10.6 Å². The molecule has 0 bridgehead atoms. The summed E-state index contributed by atoms with van der Waals surface area (Å²) in [7, 11) is 0. The molecule has 4 rings (SSSR count). The van der Waals surface area contributed by atoms with Gasteiger partial charge in [0.15, 0.2) is 4.32 Å². The monoisotopic (exact) mass is 505 g/mol. The Balaban J connectivity index is 1.58. The number of hydrogen-bond acceptors (Lipinski definition) is 4. The third kappa shape index (κ3) is 5.08. The highest BCUT2D eigenvalue weighted by Gasteiger charge is 2.33. The van der Waals surface area contributed by atoms with Gasteiger partial charge in [0.25, 0.3) is 5.91 Å². The van der Waals surface area contributed by atoms with Crippen LogP contribution in [0.4, 0.5) is 5.69 Å². The summed E-state index contributed by atoms with van der Waals surface area (Å²) >= 11 is 24.9. The van der Waals surface area contributed by atoms with E-state index in [2.05, 4.69) is 0 Å². The minimum Gasteiger partial charge on any atom is -0.488 e. The van der Waals surface area contributed by atoms with Crippen molar-refractivity contribution in [2.24, 2.45) is 0 Å². The molecular weight excluding hydrogens is 493 g/mol. The number of nitrogens with zero attached hydrogens (tertiary/aromatic N) is 1. The van der Waals surface area contributed by atoms with E-state index in [0.717, 1.165) is 11.1 Å². The predicted octanol–water partition coefficient (Wildman–Crippen LogP) is 7.63. The maximum atomic E-state index is 13.0. The molecule has 0 spiro atoms. The number of thiocarbonyl (C=S) groups is 1. The van der Waals surface area contributed by atoms with Crippen molar-refractivity contribution in [3.63, 3.8) is 0 Å². The number of halogens is 3. The van der Waals surface area contributed by atoms with Crippen molar-refractivity contribution in [1.82, 2.24) is 0 Å². The van der Waals surface area contributed by atoms with Crippen molar-refractivity contribution in [1.29, 1.82) is 0 Å². The fourth-order valence-corrected chi connectivity index (χ4v) is 4.91. The standard InChI is InChI=1S/C23H14Cl3NO2S2/c24-16-5-3-6-18(11-16)27-22(28)21(31-23(27)30)10-14-4-1-2-7-20(14)29-13-15-8-9-17(25)12-19(15)26/h1-12H,13H2/b21-10+. The molecule has 1 fully saturated rings. The molecule has 1 aliphatic rings. The maximum Gasteiger partial charge on any atom is 0.270 e. The topological polar surface area (TPSA) is 29.5 Å². The number of anilines is 1. The number of carbonyl (C=O) groups is 1. The summed E-state index contributed by atoms with van der Waals surface area (Å²) in [6.45, 7) is 0.268. The van der Waals surface area contributed by atoms with Gasteiger partial charge in [-0.25, -0.2) is 0 Å². The van der Waals surface area contributed by atoms with Crippen molar-refractivity contribution < 1.29 is 9.53 Å². The quantitative estimate of drug-likeness (QED) is 0.263. The van der Waals surface area contributed by atoms with Gasteiger partial charge in [-0.2, -0.15) is 0 Å².